The molecule has 176 valence electrons. The van der Waals surface area contributed by atoms with Crippen molar-refractivity contribution in [1.29, 1.82) is 0 Å². The Hall–Kier alpha value is -4.39. The normalized spacial score (nSPS) is 17.3. The molecule has 1 atom stereocenters. The molecule has 0 aliphatic carbocycles. The van der Waals surface area contributed by atoms with E-state index in [2.05, 4.69) is 9.97 Å². The Morgan fingerprint density at radius 2 is 1.83 bits per heavy atom. The van der Waals surface area contributed by atoms with Crippen LogP contribution in [0.4, 0.5) is 0 Å². The number of nitrogens with one attached hydrogen (secondary N) is 1. The highest BCUT2D eigenvalue weighted by Crippen LogP contribution is 2.39. The Morgan fingerprint density at radius 1 is 1.06 bits per heavy atom. The molecule has 4 aromatic rings. The van der Waals surface area contributed by atoms with Gasteiger partial charge in [-0.3, -0.25) is 14.6 Å². The number of fused-ring (bicyclic) bond motifs is 1. The second-order valence-corrected chi connectivity index (χ2v) is 8.31. The van der Waals surface area contributed by atoms with Crippen molar-refractivity contribution in [2.24, 2.45) is 0 Å². The summed E-state index contributed by atoms with van der Waals surface area (Å²) in [6.07, 6.45) is 4.09. The first-order valence-electron chi connectivity index (χ1n) is 11.6. The first-order chi connectivity index (χ1) is 17.1. The summed E-state index contributed by atoms with van der Waals surface area (Å²) >= 11 is 0. The van der Waals surface area contributed by atoms with Gasteiger partial charge in [0, 0.05) is 35.4 Å². The van der Waals surface area contributed by atoms with E-state index in [1.165, 1.54) is 4.90 Å². The van der Waals surface area contributed by atoms with Crippen molar-refractivity contribution in [3.63, 3.8) is 0 Å². The van der Waals surface area contributed by atoms with Gasteiger partial charge < -0.3 is 19.7 Å². The lowest BCUT2D eigenvalue weighted by molar-refractivity contribution is -0.139. The molecule has 3 heterocycles. The molecule has 7 nitrogen and oxygen atoms in total. The molecule has 2 aromatic heterocycles. The summed E-state index contributed by atoms with van der Waals surface area (Å²) in [6.45, 7) is 2.71. The van der Waals surface area contributed by atoms with Gasteiger partial charge in [-0.15, -0.1) is 0 Å². The van der Waals surface area contributed by atoms with Gasteiger partial charge >= 0.3 is 0 Å². The smallest absolute Gasteiger partial charge is 0.295 e. The summed E-state index contributed by atoms with van der Waals surface area (Å²) in [7, 11) is 0. The molecule has 35 heavy (non-hydrogen) atoms. The van der Waals surface area contributed by atoms with E-state index in [-0.39, 0.29) is 11.3 Å². The number of H-pyrrole nitrogens is 1. The molecule has 1 saturated heterocycles. The summed E-state index contributed by atoms with van der Waals surface area (Å²) in [5, 5.41) is 12.3. The van der Waals surface area contributed by atoms with Gasteiger partial charge in [0.1, 0.15) is 17.6 Å². The number of hydrogen-bond acceptors (Lipinski definition) is 5. The fraction of sp³-hybridized carbons (Fsp3) is 0.179. The van der Waals surface area contributed by atoms with Gasteiger partial charge in [0.2, 0.25) is 0 Å². The molecule has 0 unspecified atom stereocenters. The Kier molecular flexibility index (Phi) is 6.06. The van der Waals surface area contributed by atoms with Gasteiger partial charge in [0.05, 0.1) is 17.9 Å². The number of aliphatic hydroxyl groups excluding tert-OH is 1. The van der Waals surface area contributed by atoms with Gasteiger partial charge in [0.15, 0.2) is 0 Å². The first kappa shape index (κ1) is 22.4. The molecular weight excluding hydrogens is 442 g/mol. The maximum Gasteiger partial charge on any atom is 0.295 e. The summed E-state index contributed by atoms with van der Waals surface area (Å²) in [5.41, 5.74) is 3.06. The highest BCUT2D eigenvalue weighted by Gasteiger charge is 2.46. The Labute approximate surface area is 202 Å². The topological polar surface area (TPSA) is 95.5 Å². The Bertz CT molecular complexity index is 1410. The zero-order chi connectivity index (χ0) is 24.4. The van der Waals surface area contributed by atoms with Gasteiger partial charge in [-0.05, 0) is 61.4 Å². The van der Waals surface area contributed by atoms with Gasteiger partial charge in [-0.25, -0.2) is 0 Å². The zero-order valence-electron chi connectivity index (χ0n) is 19.3. The van der Waals surface area contributed by atoms with Crippen molar-refractivity contribution in [3.8, 4) is 5.75 Å². The number of para-hydroxylation sites is 1. The molecule has 1 aliphatic heterocycles. The fourth-order valence-electron chi connectivity index (χ4n) is 4.57. The maximum atomic E-state index is 13.2. The highest BCUT2D eigenvalue weighted by atomic mass is 16.5. The third kappa shape index (κ3) is 4.17. The lowest BCUT2D eigenvalue weighted by Crippen LogP contribution is -2.32. The summed E-state index contributed by atoms with van der Waals surface area (Å²) in [6, 6.07) is 19.3. The minimum absolute atomic E-state index is 0.0387. The number of ether oxygens (including phenoxy) is 1. The van der Waals surface area contributed by atoms with E-state index in [4.69, 9.17) is 4.74 Å². The van der Waals surface area contributed by atoms with Crippen molar-refractivity contribution in [2.45, 2.75) is 19.4 Å². The fourth-order valence-corrected chi connectivity index (χ4v) is 4.57. The minimum atomic E-state index is -0.784. The molecule has 0 radical (unpaired) electrons. The number of Topliss-reactive ketones (excluding diaryl/α,β-unsaturated/α-hetero) is 1. The predicted octanol–water partition coefficient (Wildman–Crippen LogP) is 4.63. The number of aromatic nitrogens is 2. The number of aromatic amines is 1. The van der Waals surface area contributed by atoms with Crippen LogP contribution in [-0.2, 0) is 16.0 Å². The molecule has 2 aromatic carbocycles. The van der Waals surface area contributed by atoms with E-state index in [9.17, 15) is 14.7 Å². The number of carbonyl (C=O) groups excluding carboxylic acids is 2. The standard InChI is InChI=1S/C28H25N3O4/c1-2-35-20-12-10-18(11-13-20)26(32)24-25(23-9-5-6-15-29-23)31(28(34)27(24)33)16-14-19-17-30-22-8-4-3-7-21(19)22/h3-13,15,17,25,30,32H,2,14,16H2,1H3/t25-/m0/s1. The van der Waals surface area contributed by atoms with Crippen LogP contribution in [0.1, 0.15) is 29.8 Å². The number of carbonyl (C=O) groups is 2. The molecule has 0 saturated carbocycles. The highest BCUT2D eigenvalue weighted by molar-refractivity contribution is 6.46. The lowest BCUT2D eigenvalue weighted by Gasteiger charge is -2.24. The minimum Gasteiger partial charge on any atom is -0.507 e. The Morgan fingerprint density at radius 3 is 2.57 bits per heavy atom. The van der Waals surface area contributed by atoms with Crippen LogP contribution >= 0.6 is 0 Å². The van der Waals surface area contributed by atoms with Crippen molar-refractivity contribution in [2.75, 3.05) is 13.2 Å². The summed E-state index contributed by atoms with van der Waals surface area (Å²) in [5.74, 6) is -0.930. The van der Waals surface area contributed by atoms with Crippen LogP contribution in [0.15, 0.2) is 84.7 Å². The van der Waals surface area contributed by atoms with Crippen LogP contribution in [0.5, 0.6) is 5.75 Å². The summed E-state index contributed by atoms with van der Waals surface area (Å²) in [4.78, 5) is 35.5. The van der Waals surface area contributed by atoms with Crippen LogP contribution in [0.3, 0.4) is 0 Å². The second-order valence-electron chi connectivity index (χ2n) is 8.31. The van der Waals surface area contributed by atoms with Crippen LogP contribution < -0.4 is 4.74 Å². The molecule has 1 fully saturated rings. The number of rotatable bonds is 7. The van der Waals surface area contributed by atoms with Crippen LogP contribution in [-0.4, -0.2) is 44.8 Å². The van der Waals surface area contributed by atoms with Crippen molar-refractivity contribution in [1.82, 2.24) is 14.9 Å². The molecule has 2 N–H and O–H groups in total. The zero-order valence-corrected chi connectivity index (χ0v) is 19.3. The number of hydrogen-bond donors (Lipinski definition) is 2. The molecular formula is C28H25N3O4. The lowest BCUT2D eigenvalue weighted by atomic mass is 9.98. The quantitative estimate of drug-likeness (QED) is 0.235. The largest absolute Gasteiger partial charge is 0.507 e. The van der Waals surface area contributed by atoms with E-state index >= 15 is 0 Å². The predicted molar refractivity (Wildman–Crippen MR) is 133 cm³/mol. The summed E-state index contributed by atoms with van der Waals surface area (Å²) < 4.78 is 5.47. The van der Waals surface area contributed by atoms with Crippen molar-refractivity contribution in [3.05, 3.63) is 102 Å². The average Bonchev–Trinajstić information content (AvgIpc) is 3.42. The molecule has 1 aliphatic rings. The van der Waals surface area contributed by atoms with Gasteiger partial charge in [0.25, 0.3) is 11.7 Å². The van der Waals surface area contributed by atoms with E-state index in [0.29, 0.717) is 36.6 Å². The van der Waals surface area contributed by atoms with Crippen molar-refractivity contribution < 1.29 is 19.4 Å². The average molecular weight is 468 g/mol. The number of likely N-dealkylation sites (tertiary alicyclic amines) is 1. The van der Waals surface area contributed by atoms with Crippen molar-refractivity contribution >= 4 is 28.4 Å². The first-order valence-corrected chi connectivity index (χ1v) is 11.6. The van der Waals surface area contributed by atoms with E-state index in [1.807, 2.05) is 37.4 Å². The third-order valence-corrected chi connectivity index (χ3v) is 6.24. The number of ketones is 1. The van der Waals surface area contributed by atoms with Gasteiger partial charge in [-0.1, -0.05) is 24.3 Å². The number of pyridine rings is 1. The second kappa shape index (κ2) is 9.46. The van der Waals surface area contributed by atoms with Crippen LogP contribution in [0, 0.1) is 0 Å². The van der Waals surface area contributed by atoms with E-state index in [0.717, 1.165) is 16.5 Å². The van der Waals surface area contributed by atoms with Gasteiger partial charge in [-0.2, -0.15) is 0 Å². The molecule has 0 bridgehead atoms. The SMILES string of the molecule is CCOc1ccc(C(O)=C2C(=O)C(=O)N(CCc3c[nH]c4ccccc34)[C@H]2c2ccccn2)cc1. The van der Waals surface area contributed by atoms with Crippen LogP contribution in [0.2, 0.25) is 0 Å². The van der Waals surface area contributed by atoms with E-state index < -0.39 is 17.7 Å². The number of amides is 1. The number of benzene rings is 2. The van der Waals surface area contributed by atoms with E-state index in [1.54, 1.807) is 48.7 Å². The molecule has 1 amide bonds. The number of nitrogens with zero attached hydrogens (tertiary/aromatic N) is 2. The maximum absolute atomic E-state index is 13.2. The number of aliphatic hydroxyl groups is 1. The molecule has 7 heteroatoms. The molecule has 5 rings (SSSR count). The third-order valence-electron chi connectivity index (χ3n) is 6.24. The molecule has 0 spiro atoms. The van der Waals surface area contributed by atoms with Crippen LogP contribution in [0.25, 0.3) is 16.7 Å². The monoisotopic (exact) mass is 467 g/mol. The Balaban J connectivity index is 1.52.